The summed E-state index contributed by atoms with van der Waals surface area (Å²) in [6.45, 7) is 4.24. The first-order valence-electron chi connectivity index (χ1n) is 7.12. The minimum atomic E-state index is -0.574. The molecule has 0 unspecified atom stereocenters. The van der Waals surface area contributed by atoms with E-state index >= 15 is 0 Å². The quantitative estimate of drug-likeness (QED) is 0.657. The highest BCUT2D eigenvalue weighted by Crippen LogP contribution is 2.36. The molecule has 0 fully saturated rings. The monoisotopic (exact) mass is 290 g/mol. The first-order chi connectivity index (χ1) is 10.2. The number of aryl methyl sites for hydroxylation is 1. The Bertz CT molecular complexity index is 806. The van der Waals surface area contributed by atoms with Crippen LogP contribution < -0.4 is 4.74 Å². The predicted octanol–water partition coefficient (Wildman–Crippen LogP) is 5.22. The highest BCUT2D eigenvalue weighted by atomic mass is 19.1. The molecule has 0 aliphatic rings. The first-order valence-corrected chi connectivity index (χ1v) is 7.12. The van der Waals surface area contributed by atoms with Crippen molar-refractivity contribution in [3.8, 4) is 5.75 Å². The number of hydrogen-bond donors (Lipinski definition) is 0. The molecule has 0 spiro atoms. The van der Waals surface area contributed by atoms with Crippen molar-refractivity contribution in [2.75, 3.05) is 6.61 Å². The summed E-state index contributed by atoms with van der Waals surface area (Å²) >= 11 is 0. The van der Waals surface area contributed by atoms with E-state index in [1.807, 2.05) is 13.8 Å². The van der Waals surface area contributed by atoms with E-state index in [4.69, 9.17) is 9.15 Å². The molecular formula is C17H16F2O2. The normalized spacial score (nSPS) is 11.4. The van der Waals surface area contributed by atoms with Gasteiger partial charge in [-0.2, -0.15) is 4.39 Å². The maximum atomic E-state index is 14.4. The lowest BCUT2D eigenvalue weighted by Gasteiger charge is -2.05. The van der Waals surface area contributed by atoms with Crippen molar-refractivity contribution in [3.05, 3.63) is 41.5 Å². The minimum Gasteiger partial charge on any atom is -0.490 e. The number of furan rings is 1. The van der Waals surface area contributed by atoms with Crippen molar-refractivity contribution in [1.82, 2.24) is 0 Å². The lowest BCUT2D eigenvalue weighted by atomic mass is 10.1. The molecule has 0 saturated carbocycles. The number of ether oxygens (including phenoxy) is 1. The molecule has 0 amide bonds. The molecule has 21 heavy (non-hydrogen) atoms. The average Bonchev–Trinajstić information content (AvgIpc) is 2.88. The zero-order valence-electron chi connectivity index (χ0n) is 12.0. The second-order valence-corrected chi connectivity index (χ2v) is 4.97. The molecule has 110 valence electrons. The van der Waals surface area contributed by atoms with Crippen LogP contribution in [0.1, 0.15) is 25.8 Å². The van der Waals surface area contributed by atoms with Crippen molar-refractivity contribution < 1.29 is 17.9 Å². The van der Waals surface area contributed by atoms with E-state index in [1.54, 1.807) is 24.3 Å². The summed E-state index contributed by atoms with van der Waals surface area (Å²) in [5, 5.41) is 1.15. The third-order valence-electron chi connectivity index (χ3n) is 3.58. The van der Waals surface area contributed by atoms with E-state index in [2.05, 4.69) is 0 Å². The van der Waals surface area contributed by atoms with E-state index in [0.717, 1.165) is 6.42 Å². The molecule has 0 atom stereocenters. The van der Waals surface area contributed by atoms with Gasteiger partial charge >= 0.3 is 0 Å². The summed E-state index contributed by atoms with van der Waals surface area (Å²) in [5.74, 6) is -0.851. The van der Waals surface area contributed by atoms with Crippen LogP contribution in [0.25, 0.3) is 21.9 Å². The third kappa shape index (κ3) is 2.15. The van der Waals surface area contributed by atoms with Crippen LogP contribution >= 0.6 is 0 Å². The van der Waals surface area contributed by atoms with Crippen molar-refractivity contribution in [2.24, 2.45) is 0 Å². The summed E-state index contributed by atoms with van der Waals surface area (Å²) in [6.07, 6.45) is 1.35. The van der Waals surface area contributed by atoms with Crippen LogP contribution in [0, 0.1) is 11.6 Å². The summed E-state index contributed by atoms with van der Waals surface area (Å²) in [6, 6.07) is 6.76. The molecule has 0 aliphatic carbocycles. The van der Waals surface area contributed by atoms with E-state index in [0.29, 0.717) is 29.4 Å². The average molecular weight is 290 g/mol. The Balaban J connectivity index is 2.25. The third-order valence-corrected chi connectivity index (χ3v) is 3.58. The van der Waals surface area contributed by atoms with Crippen LogP contribution in [0.4, 0.5) is 8.78 Å². The number of benzene rings is 2. The number of rotatable bonds is 4. The molecule has 2 nitrogen and oxygen atoms in total. The lowest BCUT2D eigenvalue weighted by molar-refractivity contribution is 0.301. The second-order valence-electron chi connectivity index (χ2n) is 4.97. The van der Waals surface area contributed by atoms with Gasteiger partial charge in [0.25, 0.3) is 0 Å². The highest BCUT2D eigenvalue weighted by Gasteiger charge is 2.18. The minimum absolute atomic E-state index is 0.0470. The Morgan fingerprint density at radius 1 is 0.952 bits per heavy atom. The van der Waals surface area contributed by atoms with Crippen molar-refractivity contribution in [1.29, 1.82) is 0 Å². The molecule has 3 aromatic rings. The highest BCUT2D eigenvalue weighted by molar-refractivity contribution is 6.05. The number of halogens is 2. The van der Waals surface area contributed by atoms with Crippen molar-refractivity contribution >= 4 is 21.9 Å². The molecule has 0 N–H and O–H groups in total. The Hall–Kier alpha value is -2.10. The van der Waals surface area contributed by atoms with Gasteiger partial charge in [-0.3, -0.25) is 0 Å². The van der Waals surface area contributed by atoms with Crippen LogP contribution in [0.5, 0.6) is 5.75 Å². The Morgan fingerprint density at radius 2 is 1.62 bits per heavy atom. The van der Waals surface area contributed by atoms with Gasteiger partial charge < -0.3 is 9.15 Å². The molecule has 2 aromatic carbocycles. The van der Waals surface area contributed by atoms with Crippen LogP contribution in [0.3, 0.4) is 0 Å². The van der Waals surface area contributed by atoms with Crippen LogP contribution in [0.15, 0.2) is 28.7 Å². The van der Waals surface area contributed by atoms with Gasteiger partial charge in [0.05, 0.1) is 6.61 Å². The van der Waals surface area contributed by atoms with Gasteiger partial charge in [0.15, 0.2) is 22.7 Å². The maximum absolute atomic E-state index is 14.4. The Morgan fingerprint density at radius 3 is 2.29 bits per heavy atom. The molecule has 1 heterocycles. The summed E-state index contributed by atoms with van der Waals surface area (Å²) < 4.78 is 39.5. The topological polar surface area (TPSA) is 22.4 Å². The van der Waals surface area contributed by atoms with Crippen molar-refractivity contribution in [2.45, 2.75) is 26.7 Å². The van der Waals surface area contributed by atoms with Crippen LogP contribution in [0.2, 0.25) is 0 Å². The molecule has 0 aliphatic heterocycles. The molecule has 4 heteroatoms. The van der Waals surface area contributed by atoms with E-state index in [1.165, 1.54) is 0 Å². The fraction of sp³-hybridized carbons (Fsp3) is 0.294. The molecule has 0 saturated heterocycles. The van der Waals surface area contributed by atoms with Gasteiger partial charge in [0, 0.05) is 10.8 Å². The van der Waals surface area contributed by atoms with E-state index in [9.17, 15) is 8.78 Å². The van der Waals surface area contributed by atoms with Gasteiger partial charge in [-0.25, -0.2) is 4.39 Å². The Kier molecular flexibility index (Phi) is 3.53. The van der Waals surface area contributed by atoms with Gasteiger partial charge in [-0.15, -0.1) is 0 Å². The zero-order valence-corrected chi connectivity index (χ0v) is 12.0. The molecule has 0 bridgehead atoms. The van der Waals surface area contributed by atoms with Gasteiger partial charge in [-0.1, -0.05) is 19.9 Å². The standard InChI is InChI=1S/C17H16F2O2/c1-3-9-20-13-8-7-12-11-6-5-10(4-2)14(18)16(11)21-17(12)15(13)19/h5-8H,3-4,9H2,1-2H3. The largest absolute Gasteiger partial charge is 0.490 e. The molecule has 0 radical (unpaired) electrons. The van der Waals surface area contributed by atoms with Gasteiger partial charge in [-0.05, 0) is 36.6 Å². The number of hydrogen-bond acceptors (Lipinski definition) is 2. The fourth-order valence-corrected chi connectivity index (χ4v) is 2.46. The van der Waals surface area contributed by atoms with Crippen LogP contribution in [-0.2, 0) is 6.42 Å². The van der Waals surface area contributed by atoms with E-state index < -0.39 is 11.6 Å². The predicted molar refractivity (Wildman–Crippen MR) is 78.8 cm³/mol. The lowest BCUT2D eigenvalue weighted by Crippen LogP contribution is -1.97. The smallest absolute Gasteiger partial charge is 0.208 e. The van der Waals surface area contributed by atoms with Gasteiger partial charge in [0.2, 0.25) is 5.82 Å². The van der Waals surface area contributed by atoms with Gasteiger partial charge in [0.1, 0.15) is 0 Å². The molecule has 1 aromatic heterocycles. The number of fused-ring (bicyclic) bond motifs is 3. The summed E-state index contributed by atoms with van der Waals surface area (Å²) in [7, 11) is 0. The maximum Gasteiger partial charge on any atom is 0.208 e. The van der Waals surface area contributed by atoms with Crippen LogP contribution in [-0.4, -0.2) is 6.61 Å². The van der Waals surface area contributed by atoms with E-state index in [-0.39, 0.29) is 16.9 Å². The molecular weight excluding hydrogens is 274 g/mol. The Labute approximate surface area is 121 Å². The summed E-state index contributed by atoms with van der Waals surface area (Å²) in [5.41, 5.74) is 0.714. The fourth-order valence-electron chi connectivity index (χ4n) is 2.46. The summed E-state index contributed by atoms with van der Waals surface area (Å²) in [4.78, 5) is 0. The zero-order chi connectivity index (χ0) is 15.0. The SMILES string of the molecule is CCCOc1ccc2c(oc3c(F)c(CC)ccc32)c1F. The van der Waals surface area contributed by atoms with Crippen molar-refractivity contribution in [3.63, 3.8) is 0 Å². The first kappa shape index (κ1) is 13.9. The second kappa shape index (κ2) is 5.35. The molecule has 3 rings (SSSR count).